The monoisotopic (exact) mass is 370 g/mol. The van der Waals surface area contributed by atoms with E-state index in [-0.39, 0.29) is 11.7 Å². The van der Waals surface area contributed by atoms with Crippen LogP contribution in [0.25, 0.3) is 0 Å². The van der Waals surface area contributed by atoms with Crippen LogP contribution in [0.2, 0.25) is 5.02 Å². The van der Waals surface area contributed by atoms with Crippen LogP contribution in [0.1, 0.15) is 21.5 Å². The molecule has 0 unspecified atom stereocenters. The lowest BCUT2D eigenvalue weighted by molar-refractivity contribution is 0.0950. The molecule has 3 rings (SSSR count). The van der Waals surface area contributed by atoms with Gasteiger partial charge < -0.3 is 10.6 Å². The fourth-order valence-corrected chi connectivity index (χ4v) is 2.33. The molecule has 0 radical (unpaired) electrons. The van der Waals surface area contributed by atoms with E-state index in [2.05, 4.69) is 20.6 Å². The molecule has 7 heteroatoms. The van der Waals surface area contributed by atoms with Crippen molar-refractivity contribution in [3.05, 3.63) is 88.5 Å². The molecule has 2 aromatic carbocycles. The second-order valence-electron chi connectivity index (χ2n) is 5.58. The Morgan fingerprint density at radius 2 is 1.50 bits per heavy atom. The van der Waals surface area contributed by atoms with Crippen molar-refractivity contribution in [3.63, 3.8) is 0 Å². The van der Waals surface area contributed by atoms with Crippen LogP contribution >= 0.6 is 11.6 Å². The number of aromatic nitrogens is 2. The summed E-state index contributed by atoms with van der Waals surface area (Å²) in [5.41, 5.74) is 2.20. The van der Waals surface area contributed by atoms with Crippen LogP contribution in [0.15, 0.2) is 60.9 Å². The van der Waals surface area contributed by atoms with E-state index >= 15 is 0 Å². The van der Waals surface area contributed by atoms with Crippen LogP contribution in [0, 0.1) is 5.82 Å². The lowest BCUT2D eigenvalue weighted by Crippen LogP contribution is -2.23. The normalized spacial score (nSPS) is 10.4. The number of halogens is 2. The van der Waals surface area contributed by atoms with E-state index in [0.717, 1.165) is 11.1 Å². The molecular formula is C19H16ClFN4O. The topological polar surface area (TPSA) is 66.9 Å². The molecule has 132 valence electrons. The minimum Gasteiger partial charge on any atom is -0.350 e. The molecule has 0 aliphatic rings. The SMILES string of the molecule is O=C(NCc1ccc(F)cc1)c1cnc(NCc2ccc(Cl)cc2)nc1. The number of anilines is 1. The molecule has 0 aliphatic heterocycles. The molecule has 26 heavy (non-hydrogen) atoms. The van der Waals surface area contributed by atoms with Crippen LogP contribution in [0.3, 0.4) is 0 Å². The van der Waals surface area contributed by atoms with E-state index in [4.69, 9.17) is 11.6 Å². The number of hydrogen-bond acceptors (Lipinski definition) is 4. The highest BCUT2D eigenvalue weighted by Crippen LogP contribution is 2.11. The van der Waals surface area contributed by atoms with Crippen molar-refractivity contribution in [3.8, 4) is 0 Å². The Kier molecular flexibility index (Phi) is 5.76. The molecule has 2 N–H and O–H groups in total. The molecule has 1 heterocycles. The quantitative estimate of drug-likeness (QED) is 0.692. The van der Waals surface area contributed by atoms with Gasteiger partial charge in [0.2, 0.25) is 5.95 Å². The molecule has 3 aromatic rings. The van der Waals surface area contributed by atoms with Crippen molar-refractivity contribution in [1.29, 1.82) is 0 Å². The molecular weight excluding hydrogens is 355 g/mol. The number of nitrogens with one attached hydrogen (secondary N) is 2. The van der Waals surface area contributed by atoms with E-state index in [1.165, 1.54) is 24.5 Å². The van der Waals surface area contributed by atoms with Crippen molar-refractivity contribution in [2.75, 3.05) is 5.32 Å². The van der Waals surface area contributed by atoms with Gasteiger partial charge in [0.15, 0.2) is 0 Å². The molecule has 0 saturated carbocycles. The average molecular weight is 371 g/mol. The first-order valence-electron chi connectivity index (χ1n) is 7.93. The number of hydrogen-bond donors (Lipinski definition) is 2. The standard InChI is InChI=1S/C19H16ClFN4O/c20-16-5-1-13(2-6-16)10-23-19-24-11-15(12-25-19)18(26)22-9-14-3-7-17(21)8-4-14/h1-8,11-12H,9-10H2,(H,22,26)(H,23,24,25). The highest BCUT2D eigenvalue weighted by molar-refractivity contribution is 6.30. The number of rotatable bonds is 6. The first-order chi connectivity index (χ1) is 12.6. The Hall–Kier alpha value is -2.99. The molecule has 0 atom stereocenters. The third-order valence-corrected chi connectivity index (χ3v) is 3.90. The van der Waals surface area contributed by atoms with E-state index in [9.17, 15) is 9.18 Å². The molecule has 0 spiro atoms. The Morgan fingerprint density at radius 3 is 2.15 bits per heavy atom. The third kappa shape index (κ3) is 5.00. The first-order valence-corrected chi connectivity index (χ1v) is 8.31. The molecule has 5 nitrogen and oxygen atoms in total. The first kappa shape index (κ1) is 17.8. The van der Waals surface area contributed by atoms with Crippen molar-refractivity contribution < 1.29 is 9.18 Å². The van der Waals surface area contributed by atoms with Gasteiger partial charge >= 0.3 is 0 Å². The van der Waals surface area contributed by atoms with Crippen LogP contribution in [0.5, 0.6) is 0 Å². The van der Waals surface area contributed by atoms with E-state index in [1.54, 1.807) is 12.1 Å². The van der Waals surface area contributed by atoms with Crippen molar-refractivity contribution >= 4 is 23.5 Å². The maximum atomic E-state index is 12.9. The molecule has 0 fully saturated rings. The second kappa shape index (κ2) is 8.40. The second-order valence-corrected chi connectivity index (χ2v) is 6.02. The molecule has 1 amide bonds. The zero-order valence-electron chi connectivity index (χ0n) is 13.7. The summed E-state index contributed by atoms with van der Waals surface area (Å²) in [5.74, 6) is -0.177. The fourth-order valence-electron chi connectivity index (χ4n) is 2.21. The van der Waals surface area contributed by atoms with Gasteiger partial charge in [0.25, 0.3) is 5.91 Å². The number of carbonyl (C=O) groups excluding carboxylic acids is 1. The fraction of sp³-hybridized carbons (Fsp3) is 0.105. The summed E-state index contributed by atoms with van der Waals surface area (Å²) in [6.07, 6.45) is 2.91. The molecule has 1 aromatic heterocycles. The highest BCUT2D eigenvalue weighted by atomic mass is 35.5. The maximum Gasteiger partial charge on any atom is 0.254 e. The molecule has 0 saturated heterocycles. The minimum atomic E-state index is -0.310. The van der Waals surface area contributed by atoms with Gasteiger partial charge in [-0.3, -0.25) is 4.79 Å². The van der Waals surface area contributed by atoms with E-state index in [0.29, 0.717) is 29.6 Å². The van der Waals surface area contributed by atoms with Gasteiger partial charge in [0, 0.05) is 30.5 Å². The van der Waals surface area contributed by atoms with Gasteiger partial charge in [0.05, 0.1) is 5.56 Å². The summed E-state index contributed by atoms with van der Waals surface area (Å²) in [4.78, 5) is 20.4. The van der Waals surface area contributed by atoms with Crippen LogP contribution in [-0.2, 0) is 13.1 Å². The summed E-state index contributed by atoms with van der Waals surface area (Å²) < 4.78 is 12.9. The summed E-state index contributed by atoms with van der Waals surface area (Å²) in [7, 11) is 0. The summed E-state index contributed by atoms with van der Waals surface area (Å²) >= 11 is 5.85. The highest BCUT2D eigenvalue weighted by Gasteiger charge is 2.07. The van der Waals surface area contributed by atoms with Gasteiger partial charge in [-0.2, -0.15) is 0 Å². The van der Waals surface area contributed by atoms with Crippen LogP contribution in [0.4, 0.5) is 10.3 Å². The van der Waals surface area contributed by atoms with Crippen molar-refractivity contribution in [2.24, 2.45) is 0 Å². The number of carbonyl (C=O) groups is 1. The van der Waals surface area contributed by atoms with Gasteiger partial charge in [-0.05, 0) is 35.4 Å². The van der Waals surface area contributed by atoms with Gasteiger partial charge in [-0.25, -0.2) is 14.4 Å². The summed E-state index contributed by atoms with van der Waals surface area (Å²) in [6, 6.07) is 13.4. The number of amides is 1. The molecule has 0 aliphatic carbocycles. The zero-order chi connectivity index (χ0) is 18.4. The average Bonchev–Trinajstić information content (AvgIpc) is 2.67. The van der Waals surface area contributed by atoms with Crippen LogP contribution < -0.4 is 10.6 Å². The Bertz CT molecular complexity index is 868. The number of benzene rings is 2. The van der Waals surface area contributed by atoms with Gasteiger partial charge in [-0.15, -0.1) is 0 Å². The third-order valence-electron chi connectivity index (χ3n) is 3.64. The zero-order valence-corrected chi connectivity index (χ0v) is 14.5. The lowest BCUT2D eigenvalue weighted by atomic mass is 10.2. The predicted molar refractivity (Wildman–Crippen MR) is 98.4 cm³/mol. The Morgan fingerprint density at radius 1 is 0.923 bits per heavy atom. The lowest BCUT2D eigenvalue weighted by Gasteiger charge is -2.07. The Labute approximate surface area is 155 Å². The number of nitrogens with zero attached hydrogens (tertiary/aromatic N) is 2. The molecule has 0 bridgehead atoms. The largest absolute Gasteiger partial charge is 0.350 e. The van der Waals surface area contributed by atoms with Gasteiger partial charge in [-0.1, -0.05) is 35.9 Å². The minimum absolute atomic E-state index is 0.293. The summed E-state index contributed by atoms with van der Waals surface area (Å²) in [6.45, 7) is 0.850. The van der Waals surface area contributed by atoms with Crippen LogP contribution in [-0.4, -0.2) is 15.9 Å². The van der Waals surface area contributed by atoms with Crippen molar-refractivity contribution in [1.82, 2.24) is 15.3 Å². The smallest absolute Gasteiger partial charge is 0.254 e. The Balaban J connectivity index is 1.52. The van der Waals surface area contributed by atoms with Crippen molar-refractivity contribution in [2.45, 2.75) is 13.1 Å². The summed E-state index contributed by atoms with van der Waals surface area (Å²) in [5, 5.41) is 6.50. The van der Waals surface area contributed by atoms with E-state index < -0.39 is 0 Å². The maximum absolute atomic E-state index is 12.9. The van der Waals surface area contributed by atoms with E-state index in [1.807, 2.05) is 24.3 Å². The predicted octanol–water partition coefficient (Wildman–Crippen LogP) is 3.81. The van der Waals surface area contributed by atoms with Gasteiger partial charge in [0.1, 0.15) is 5.82 Å².